The molecule has 0 fully saturated rings. The molecule has 0 atom stereocenters. The van der Waals surface area contributed by atoms with Gasteiger partial charge in [0.1, 0.15) is 0 Å². The van der Waals surface area contributed by atoms with E-state index in [1.807, 2.05) is 0 Å². The van der Waals surface area contributed by atoms with E-state index in [0.29, 0.717) is 41.0 Å². The van der Waals surface area contributed by atoms with Crippen molar-refractivity contribution in [2.75, 3.05) is 36.6 Å². The first-order chi connectivity index (χ1) is 14.3. The molecule has 10 heteroatoms. The monoisotopic (exact) mass is 458 g/mol. The minimum Gasteiger partial charge on any atom is -0.369 e. The Morgan fingerprint density at radius 2 is 2.00 bits per heavy atom. The standard InChI is InChI=1S/C20H22ClF3N4OS/c1-12-13(10-29)16(25-11-28(2)3)6-5-15(12)26-20-18(21)17(9-14(23)19(20)24)27-30-8-4-7-22/h5-6,9-11,26-27H,4,7-8H2,1-3H3/b25-11-. The number of halogens is 4. The second kappa shape index (κ2) is 11.1. The Kier molecular flexibility index (Phi) is 8.86. The maximum absolute atomic E-state index is 14.5. The van der Waals surface area contributed by atoms with E-state index in [2.05, 4.69) is 15.0 Å². The molecule has 2 aromatic rings. The molecule has 0 bridgehead atoms. The average Bonchev–Trinajstić information content (AvgIpc) is 2.71. The number of benzene rings is 2. The van der Waals surface area contributed by atoms with Crippen LogP contribution in [0.3, 0.4) is 0 Å². The van der Waals surface area contributed by atoms with Crippen molar-refractivity contribution in [2.24, 2.45) is 4.99 Å². The summed E-state index contributed by atoms with van der Waals surface area (Å²) in [5, 5.41) is 2.71. The van der Waals surface area contributed by atoms with Gasteiger partial charge in [0.05, 0.1) is 35.1 Å². The fraction of sp³-hybridized carbons (Fsp3) is 0.300. The zero-order valence-corrected chi connectivity index (χ0v) is 18.3. The number of nitrogens with one attached hydrogen (secondary N) is 2. The van der Waals surface area contributed by atoms with Crippen LogP contribution in [-0.2, 0) is 0 Å². The molecule has 0 spiro atoms. The van der Waals surface area contributed by atoms with Gasteiger partial charge >= 0.3 is 0 Å². The number of anilines is 3. The van der Waals surface area contributed by atoms with Gasteiger partial charge < -0.3 is 14.9 Å². The molecule has 0 amide bonds. The summed E-state index contributed by atoms with van der Waals surface area (Å²) < 4.78 is 43.6. The van der Waals surface area contributed by atoms with E-state index in [9.17, 15) is 18.0 Å². The lowest BCUT2D eigenvalue weighted by molar-refractivity contribution is 0.112. The summed E-state index contributed by atoms with van der Waals surface area (Å²) >= 11 is 7.41. The summed E-state index contributed by atoms with van der Waals surface area (Å²) in [5.41, 5.74) is 1.52. The first kappa shape index (κ1) is 23.9. The Bertz CT molecular complexity index is 941. The molecule has 2 rings (SSSR count). The summed E-state index contributed by atoms with van der Waals surface area (Å²) in [6.07, 6.45) is 2.53. The van der Waals surface area contributed by atoms with Crippen molar-refractivity contribution in [2.45, 2.75) is 13.3 Å². The second-order valence-corrected chi connectivity index (χ2v) is 7.80. The number of hydrogen-bond donors (Lipinski definition) is 2. The van der Waals surface area contributed by atoms with Crippen molar-refractivity contribution >= 4 is 58.9 Å². The lowest BCUT2D eigenvalue weighted by atomic mass is 10.1. The fourth-order valence-electron chi connectivity index (χ4n) is 2.47. The number of aliphatic imine (C=N–C) groups is 1. The SMILES string of the molecule is Cc1c(Nc2c(F)c(F)cc(NSCCCF)c2Cl)ccc(/N=C\N(C)C)c1C=O. The molecule has 0 aliphatic rings. The summed E-state index contributed by atoms with van der Waals surface area (Å²) in [6, 6.07) is 4.14. The molecule has 0 unspecified atom stereocenters. The molecule has 5 nitrogen and oxygen atoms in total. The topological polar surface area (TPSA) is 56.7 Å². The highest BCUT2D eigenvalue weighted by molar-refractivity contribution is 8.00. The molecule has 2 N–H and O–H groups in total. The lowest BCUT2D eigenvalue weighted by Crippen LogP contribution is -2.07. The van der Waals surface area contributed by atoms with Gasteiger partial charge in [0.2, 0.25) is 0 Å². The van der Waals surface area contributed by atoms with Gasteiger partial charge in [0.15, 0.2) is 17.9 Å². The maximum atomic E-state index is 14.5. The van der Waals surface area contributed by atoms with Crippen LogP contribution >= 0.6 is 23.5 Å². The summed E-state index contributed by atoms with van der Waals surface area (Å²) in [5.74, 6) is -1.82. The number of carbonyl (C=O) groups excluding carboxylic acids is 1. The first-order valence-electron chi connectivity index (χ1n) is 8.97. The van der Waals surface area contributed by atoms with Crippen LogP contribution in [0, 0.1) is 18.6 Å². The van der Waals surface area contributed by atoms with E-state index in [1.54, 1.807) is 44.4 Å². The van der Waals surface area contributed by atoms with Crippen LogP contribution in [0.1, 0.15) is 22.3 Å². The zero-order valence-electron chi connectivity index (χ0n) is 16.7. The Hall–Kier alpha value is -2.39. The lowest BCUT2D eigenvalue weighted by Gasteiger charge is -2.17. The largest absolute Gasteiger partial charge is 0.369 e. The fourth-order valence-corrected chi connectivity index (χ4v) is 3.43. The maximum Gasteiger partial charge on any atom is 0.183 e. The van der Waals surface area contributed by atoms with Gasteiger partial charge in [0, 0.05) is 37.2 Å². The molecule has 0 aliphatic heterocycles. The van der Waals surface area contributed by atoms with Crippen molar-refractivity contribution in [1.29, 1.82) is 0 Å². The van der Waals surface area contributed by atoms with Gasteiger partial charge in [-0.1, -0.05) is 23.5 Å². The molecule has 0 saturated heterocycles. The Labute approximate surface area is 182 Å². The highest BCUT2D eigenvalue weighted by atomic mass is 35.5. The summed E-state index contributed by atoms with van der Waals surface area (Å²) in [7, 11) is 3.59. The van der Waals surface area contributed by atoms with Gasteiger partial charge in [0.25, 0.3) is 0 Å². The Balaban J connectivity index is 2.39. The highest BCUT2D eigenvalue weighted by Crippen LogP contribution is 2.39. The van der Waals surface area contributed by atoms with E-state index in [-0.39, 0.29) is 16.4 Å². The minimum absolute atomic E-state index is 0.0663. The van der Waals surface area contributed by atoms with Crippen molar-refractivity contribution in [1.82, 2.24) is 4.90 Å². The van der Waals surface area contributed by atoms with E-state index in [4.69, 9.17) is 11.6 Å². The molecule has 0 saturated carbocycles. The molecule has 162 valence electrons. The van der Waals surface area contributed by atoms with Crippen LogP contribution in [0.4, 0.5) is 35.9 Å². The van der Waals surface area contributed by atoms with Gasteiger partial charge in [-0.25, -0.2) is 13.8 Å². The van der Waals surface area contributed by atoms with Crippen molar-refractivity contribution in [3.63, 3.8) is 0 Å². The number of nitrogens with zero attached hydrogens (tertiary/aromatic N) is 2. The molecule has 0 radical (unpaired) electrons. The van der Waals surface area contributed by atoms with Crippen molar-refractivity contribution in [3.8, 4) is 0 Å². The number of rotatable bonds is 10. The third-order valence-corrected chi connectivity index (χ3v) is 5.27. The van der Waals surface area contributed by atoms with Gasteiger partial charge in [-0.2, -0.15) is 0 Å². The number of carbonyl (C=O) groups is 1. The van der Waals surface area contributed by atoms with Gasteiger partial charge in [-0.15, -0.1) is 0 Å². The van der Waals surface area contributed by atoms with E-state index >= 15 is 0 Å². The predicted molar refractivity (Wildman–Crippen MR) is 120 cm³/mol. The smallest absolute Gasteiger partial charge is 0.183 e. The first-order valence-corrected chi connectivity index (χ1v) is 10.3. The third-order valence-electron chi connectivity index (χ3n) is 4.02. The molecule has 2 aromatic carbocycles. The Morgan fingerprint density at radius 3 is 2.63 bits per heavy atom. The normalized spacial score (nSPS) is 11.0. The van der Waals surface area contributed by atoms with E-state index < -0.39 is 18.3 Å². The zero-order chi connectivity index (χ0) is 22.3. The molecule has 0 aliphatic carbocycles. The van der Waals surface area contributed by atoms with E-state index in [1.165, 1.54) is 0 Å². The van der Waals surface area contributed by atoms with Crippen LogP contribution in [0.25, 0.3) is 0 Å². The summed E-state index contributed by atoms with van der Waals surface area (Å²) in [6.45, 7) is 1.19. The Morgan fingerprint density at radius 1 is 1.27 bits per heavy atom. The van der Waals surface area contributed by atoms with Crippen molar-refractivity contribution in [3.05, 3.63) is 46.0 Å². The van der Waals surface area contributed by atoms with Gasteiger partial charge in [-0.05, 0) is 31.0 Å². The number of alkyl halides is 1. The van der Waals surface area contributed by atoms with Crippen LogP contribution in [0.2, 0.25) is 5.02 Å². The molecule has 0 aromatic heterocycles. The van der Waals surface area contributed by atoms with Crippen molar-refractivity contribution < 1.29 is 18.0 Å². The highest BCUT2D eigenvalue weighted by Gasteiger charge is 2.19. The second-order valence-electron chi connectivity index (χ2n) is 6.52. The van der Waals surface area contributed by atoms with Gasteiger partial charge in [-0.3, -0.25) is 9.18 Å². The van der Waals surface area contributed by atoms with Crippen LogP contribution in [0.5, 0.6) is 0 Å². The predicted octanol–water partition coefficient (Wildman–Crippen LogP) is 6.12. The quantitative estimate of drug-likeness (QED) is 0.112. The number of hydrogen-bond acceptors (Lipinski definition) is 5. The van der Waals surface area contributed by atoms with E-state index in [0.717, 1.165) is 18.0 Å². The number of aldehydes is 1. The average molecular weight is 459 g/mol. The molecular formula is C20H22ClF3N4OS. The van der Waals surface area contributed by atoms with Crippen LogP contribution in [-0.4, -0.2) is 44.0 Å². The minimum atomic E-state index is -1.15. The van der Waals surface area contributed by atoms with Crippen LogP contribution < -0.4 is 10.0 Å². The molecular weight excluding hydrogens is 437 g/mol. The summed E-state index contributed by atoms with van der Waals surface area (Å²) in [4.78, 5) is 17.6. The molecule has 0 heterocycles. The third kappa shape index (κ3) is 5.82. The molecule has 30 heavy (non-hydrogen) atoms. The van der Waals surface area contributed by atoms with Crippen LogP contribution in [0.15, 0.2) is 23.2 Å².